The highest BCUT2D eigenvalue weighted by Crippen LogP contribution is 2.31. The van der Waals surface area contributed by atoms with Crippen LogP contribution in [-0.2, 0) is 0 Å². The van der Waals surface area contributed by atoms with Crippen molar-refractivity contribution < 1.29 is 4.79 Å². The van der Waals surface area contributed by atoms with Crippen molar-refractivity contribution in [1.29, 1.82) is 0 Å². The quantitative estimate of drug-likeness (QED) is 0.873. The second-order valence-corrected chi connectivity index (χ2v) is 5.00. The number of amides is 1. The molecule has 0 atom stereocenters. The minimum atomic E-state index is -0.427. The Kier molecular flexibility index (Phi) is 3.28. The monoisotopic (exact) mass is 270 g/mol. The molecule has 1 fully saturated rings. The Morgan fingerprint density at radius 2 is 2.20 bits per heavy atom. The van der Waals surface area contributed by atoms with Gasteiger partial charge in [-0.2, -0.15) is 0 Å². The molecule has 0 radical (unpaired) electrons. The molecule has 0 bridgehead atoms. The second kappa shape index (κ2) is 5.09. The van der Waals surface area contributed by atoms with Crippen LogP contribution in [0.25, 0.3) is 10.9 Å². The number of pyridine rings is 1. The van der Waals surface area contributed by atoms with E-state index in [0.717, 1.165) is 36.2 Å². The first-order valence-corrected chi connectivity index (χ1v) is 6.87. The van der Waals surface area contributed by atoms with E-state index < -0.39 is 5.91 Å². The van der Waals surface area contributed by atoms with Crippen LogP contribution in [0.1, 0.15) is 17.3 Å². The van der Waals surface area contributed by atoms with Gasteiger partial charge >= 0.3 is 0 Å². The van der Waals surface area contributed by atoms with Crippen LogP contribution in [-0.4, -0.2) is 36.6 Å². The minimum Gasteiger partial charge on any atom is -0.365 e. The number of fused-ring (bicyclic) bond motifs is 1. The number of benzene rings is 1. The molecule has 1 amide bonds. The Hall–Kier alpha value is -2.14. The van der Waals surface area contributed by atoms with Crippen molar-refractivity contribution in [2.45, 2.75) is 13.0 Å². The topological polar surface area (TPSA) is 71.2 Å². The Morgan fingerprint density at radius 3 is 2.80 bits per heavy atom. The average Bonchev–Trinajstić information content (AvgIpc) is 2.41. The number of nitrogens with zero attached hydrogens (tertiary/aromatic N) is 2. The summed E-state index contributed by atoms with van der Waals surface area (Å²) in [5, 5.41) is 4.25. The molecule has 5 nitrogen and oxygen atoms in total. The van der Waals surface area contributed by atoms with E-state index in [1.54, 1.807) is 6.20 Å². The van der Waals surface area contributed by atoms with Gasteiger partial charge in [0.05, 0.1) is 22.8 Å². The first-order chi connectivity index (χ1) is 9.72. The zero-order valence-corrected chi connectivity index (χ0v) is 11.5. The number of rotatable bonds is 4. The molecular weight excluding hydrogens is 252 g/mol. The summed E-state index contributed by atoms with van der Waals surface area (Å²) < 4.78 is 0. The molecule has 3 rings (SSSR count). The number of nitrogens with two attached hydrogens (primary N) is 1. The Labute approximate surface area is 117 Å². The zero-order chi connectivity index (χ0) is 14.1. The number of likely N-dealkylation sites (N-methyl/N-ethyl adjacent to an activating group) is 1. The predicted octanol–water partition coefficient (Wildman–Crippen LogP) is 1.13. The standard InChI is InChI=1S/C15H18N4O/c1-2-19(10-7-17-8-10)14-11-5-3-4-6-13(11)18-9-12(14)15(16)20/h3-6,9-10,17H,2,7-8H2,1H3,(H2,16,20). The van der Waals surface area contributed by atoms with Gasteiger partial charge in [0.15, 0.2) is 0 Å². The summed E-state index contributed by atoms with van der Waals surface area (Å²) in [6.07, 6.45) is 1.59. The van der Waals surface area contributed by atoms with Gasteiger partial charge in [0.25, 0.3) is 5.91 Å². The molecule has 1 aromatic carbocycles. The smallest absolute Gasteiger partial charge is 0.252 e. The van der Waals surface area contributed by atoms with Crippen molar-refractivity contribution in [3.63, 3.8) is 0 Å². The number of carbonyl (C=O) groups excluding carboxylic acids is 1. The van der Waals surface area contributed by atoms with Gasteiger partial charge in [0.2, 0.25) is 0 Å². The number of carbonyl (C=O) groups is 1. The molecule has 5 heteroatoms. The largest absolute Gasteiger partial charge is 0.365 e. The second-order valence-electron chi connectivity index (χ2n) is 5.00. The third-order valence-electron chi connectivity index (χ3n) is 3.84. The van der Waals surface area contributed by atoms with Crippen molar-refractivity contribution in [3.05, 3.63) is 36.0 Å². The lowest BCUT2D eigenvalue weighted by atomic mass is 10.0. The molecule has 0 spiro atoms. The third-order valence-corrected chi connectivity index (χ3v) is 3.84. The molecule has 20 heavy (non-hydrogen) atoms. The molecule has 1 aliphatic heterocycles. The van der Waals surface area contributed by atoms with E-state index in [1.165, 1.54) is 0 Å². The lowest BCUT2D eigenvalue weighted by Gasteiger charge is -2.40. The number of para-hydroxylation sites is 1. The Balaban J connectivity index is 2.23. The van der Waals surface area contributed by atoms with Crippen LogP contribution in [0.15, 0.2) is 30.5 Å². The van der Waals surface area contributed by atoms with Gasteiger partial charge in [-0.1, -0.05) is 18.2 Å². The number of aromatic nitrogens is 1. The maximum absolute atomic E-state index is 11.8. The van der Waals surface area contributed by atoms with E-state index in [9.17, 15) is 4.79 Å². The summed E-state index contributed by atoms with van der Waals surface area (Å²) in [6.45, 7) is 4.80. The summed E-state index contributed by atoms with van der Waals surface area (Å²) in [4.78, 5) is 18.3. The number of hydrogen-bond acceptors (Lipinski definition) is 4. The van der Waals surface area contributed by atoms with Gasteiger partial charge in [0.1, 0.15) is 0 Å². The van der Waals surface area contributed by atoms with E-state index in [1.807, 2.05) is 24.3 Å². The molecule has 1 saturated heterocycles. The van der Waals surface area contributed by atoms with Crippen LogP contribution in [0, 0.1) is 0 Å². The summed E-state index contributed by atoms with van der Waals surface area (Å²) in [7, 11) is 0. The summed E-state index contributed by atoms with van der Waals surface area (Å²) in [5.41, 5.74) is 7.84. The number of primary amides is 1. The first-order valence-electron chi connectivity index (χ1n) is 6.87. The van der Waals surface area contributed by atoms with Crippen molar-refractivity contribution >= 4 is 22.5 Å². The Bertz CT molecular complexity index is 651. The third kappa shape index (κ3) is 2.00. The maximum atomic E-state index is 11.8. The molecular formula is C15H18N4O. The Morgan fingerprint density at radius 1 is 1.45 bits per heavy atom. The lowest BCUT2D eigenvalue weighted by molar-refractivity contribution is 0.100. The maximum Gasteiger partial charge on any atom is 0.252 e. The zero-order valence-electron chi connectivity index (χ0n) is 11.5. The van der Waals surface area contributed by atoms with Crippen molar-refractivity contribution in [2.24, 2.45) is 5.73 Å². The predicted molar refractivity (Wildman–Crippen MR) is 79.9 cm³/mol. The van der Waals surface area contributed by atoms with Crippen molar-refractivity contribution in [2.75, 3.05) is 24.5 Å². The first kappa shape index (κ1) is 12.9. The van der Waals surface area contributed by atoms with E-state index in [0.29, 0.717) is 11.6 Å². The van der Waals surface area contributed by atoms with Crippen LogP contribution in [0.2, 0.25) is 0 Å². The number of nitrogens with one attached hydrogen (secondary N) is 1. The molecule has 0 aliphatic carbocycles. The van der Waals surface area contributed by atoms with Crippen molar-refractivity contribution in [1.82, 2.24) is 10.3 Å². The molecule has 0 saturated carbocycles. The van der Waals surface area contributed by atoms with Gasteiger partial charge in [0, 0.05) is 31.2 Å². The molecule has 1 aromatic heterocycles. The van der Waals surface area contributed by atoms with Crippen LogP contribution in [0.3, 0.4) is 0 Å². The van der Waals surface area contributed by atoms with Crippen LogP contribution in [0.4, 0.5) is 5.69 Å². The highest BCUT2D eigenvalue weighted by molar-refractivity contribution is 6.06. The van der Waals surface area contributed by atoms with E-state index in [2.05, 4.69) is 22.1 Å². The van der Waals surface area contributed by atoms with E-state index in [-0.39, 0.29) is 0 Å². The lowest BCUT2D eigenvalue weighted by Crippen LogP contribution is -2.57. The van der Waals surface area contributed by atoms with Gasteiger partial charge < -0.3 is 16.0 Å². The van der Waals surface area contributed by atoms with Crippen LogP contribution < -0.4 is 16.0 Å². The fraction of sp³-hybridized carbons (Fsp3) is 0.333. The molecule has 2 heterocycles. The average molecular weight is 270 g/mol. The van der Waals surface area contributed by atoms with Crippen molar-refractivity contribution in [3.8, 4) is 0 Å². The van der Waals surface area contributed by atoms with Crippen LogP contribution in [0.5, 0.6) is 0 Å². The molecule has 1 aliphatic rings. The summed E-state index contributed by atoms with van der Waals surface area (Å²) in [6, 6.07) is 8.27. The molecule has 2 aromatic rings. The number of hydrogen-bond donors (Lipinski definition) is 2. The van der Waals surface area contributed by atoms with Gasteiger partial charge in [-0.25, -0.2) is 0 Å². The van der Waals surface area contributed by atoms with Crippen LogP contribution >= 0.6 is 0 Å². The fourth-order valence-corrected chi connectivity index (χ4v) is 2.71. The number of anilines is 1. The summed E-state index contributed by atoms with van der Waals surface area (Å²) >= 11 is 0. The highest BCUT2D eigenvalue weighted by Gasteiger charge is 2.27. The summed E-state index contributed by atoms with van der Waals surface area (Å²) in [5.74, 6) is -0.427. The normalized spacial score (nSPS) is 15.1. The SMILES string of the molecule is CCN(c1c(C(N)=O)cnc2ccccc12)C1CNC1. The van der Waals surface area contributed by atoms with Gasteiger partial charge in [-0.05, 0) is 13.0 Å². The highest BCUT2D eigenvalue weighted by atomic mass is 16.1. The molecule has 0 unspecified atom stereocenters. The van der Waals surface area contributed by atoms with Gasteiger partial charge in [-0.3, -0.25) is 9.78 Å². The minimum absolute atomic E-state index is 0.406. The fourth-order valence-electron chi connectivity index (χ4n) is 2.71. The molecule has 3 N–H and O–H groups in total. The van der Waals surface area contributed by atoms with Gasteiger partial charge in [-0.15, -0.1) is 0 Å². The van der Waals surface area contributed by atoms with E-state index in [4.69, 9.17) is 5.73 Å². The van der Waals surface area contributed by atoms with E-state index >= 15 is 0 Å². The molecule has 104 valence electrons.